The molecule has 0 saturated heterocycles. The molecule has 1 aromatic rings. The van der Waals surface area contributed by atoms with E-state index in [-0.39, 0.29) is 30.3 Å². The van der Waals surface area contributed by atoms with E-state index in [0.717, 1.165) is 0 Å². The predicted octanol–water partition coefficient (Wildman–Crippen LogP) is -0.526. The Kier molecular flexibility index (Phi) is 5.87. The standard InChI is InChI=1S/C11H18N4O3S/c12-7-9-4-5-10(8-14-9)19(17,18)15-6-2-1-3-11(13)16/h4-5,8,15H,1-3,6-7,12H2,(H2,13,16). The summed E-state index contributed by atoms with van der Waals surface area (Å²) in [5.74, 6) is -0.385. The lowest BCUT2D eigenvalue weighted by Gasteiger charge is -2.06. The summed E-state index contributed by atoms with van der Waals surface area (Å²) < 4.78 is 26.1. The Morgan fingerprint density at radius 1 is 1.32 bits per heavy atom. The van der Waals surface area contributed by atoms with Crippen molar-refractivity contribution in [1.82, 2.24) is 9.71 Å². The van der Waals surface area contributed by atoms with Crippen LogP contribution in [-0.4, -0.2) is 25.9 Å². The van der Waals surface area contributed by atoms with E-state index in [1.54, 1.807) is 6.07 Å². The van der Waals surface area contributed by atoms with Gasteiger partial charge in [0.25, 0.3) is 0 Å². The van der Waals surface area contributed by atoms with Crippen LogP contribution in [0.4, 0.5) is 0 Å². The summed E-state index contributed by atoms with van der Waals surface area (Å²) in [4.78, 5) is 14.5. The van der Waals surface area contributed by atoms with Crippen molar-refractivity contribution in [2.75, 3.05) is 6.54 Å². The molecule has 0 spiro atoms. The van der Waals surface area contributed by atoms with Gasteiger partial charge >= 0.3 is 0 Å². The third kappa shape index (κ3) is 5.33. The van der Waals surface area contributed by atoms with Crippen molar-refractivity contribution in [2.24, 2.45) is 11.5 Å². The number of nitrogens with zero attached hydrogens (tertiary/aromatic N) is 1. The van der Waals surface area contributed by atoms with Gasteiger partial charge in [-0.2, -0.15) is 0 Å². The largest absolute Gasteiger partial charge is 0.370 e. The van der Waals surface area contributed by atoms with Crippen LogP contribution in [0.15, 0.2) is 23.2 Å². The Morgan fingerprint density at radius 2 is 2.05 bits per heavy atom. The number of amides is 1. The van der Waals surface area contributed by atoms with Crippen molar-refractivity contribution in [3.63, 3.8) is 0 Å². The van der Waals surface area contributed by atoms with E-state index in [1.807, 2.05) is 0 Å². The number of carbonyl (C=O) groups is 1. The zero-order chi connectivity index (χ0) is 14.3. The van der Waals surface area contributed by atoms with E-state index in [9.17, 15) is 13.2 Å². The molecule has 0 fully saturated rings. The van der Waals surface area contributed by atoms with Gasteiger partial charge in [-0.1, -0.05) is 0 Å². The van der Waals surface area contributed by atoms with Gasteiger partial charge in [0, 0.05) is 25.7 Å². The van der Waals surface area contributed by atoms with E-state index in [4.69, 9.17) is 11.5 Å². The van der Waals surface area contributed by atoms with Gasteiger partial charge < -0.3 is 11.5 Å². The number of pyridine rings is 1. The predicted molar refractivity (Wildman–Crippen MR) is 70.4 cm³/mol. The van der Waals surface area contributed by atoms with E-state index in [2.05, 4.69) is 9.71 Å². The number of unbranched alkanes of at least 4 members (excludes halogenated alkanes) is 1. The maximum absolute atomic E-state index is 11.9. The second kappa shape index (κ2) is 7.17. The quantitative estimate of drug-likeness (QED) is 0.554. The number of hydrogen-bond donors (Lipinski definition) is 3. The molecular weight excluding hydrogens is 268 g/mol. The van der Waals surface area contributed by atoms with Crippen LogP contribution in [0.5, 0.6) is 0 Å². The normalized spacial score (nSPS) is 11.4. The number of nitrogens with two attached hydrogens (primary N) is 2. The molecule has 0 aromatic carbocycles. The first-order chi connectivity index (χ1) is 8.95. The first-order valence-electron chi connectivity index (χ1n) is 5.88. The molecular formula is C11H18N4O3S. The Hall–Kier alpha value is -1.51. The highest BCUT2D eigenvalue weighted by Crippen LogP contribution is 2.07. The van der Waals surface area contributed by atoms with Gasteiger partial charge in [0.1, 0.15) is 4.90 Å². The van der Waals surface area contributed by atoms with Crippen LogP contribution in [-0.2, 0) is 21.4 Å². The van der Waals surface area contributed by atoms with Crippen LogP contribution < -0.4 is 16.2 Å². The molecule has 0 aliphatic heterocycles. The molecule has 0 saturated carbocycles. The number of primary amides is 1. The SMILES string of the molecule is NCc1ccc(S(=O)(=O)NCCCCC(N)=O)cn1. The van der Waals surface area contributed by atoms with E-state index >= 15 is 0 Å². The minimum atomic E-state index is -3.56. The van der Waals surface area contributed by atoms with Gasteiger partial charge in [0.05, 0.1) is 5.69 Å². The maximum Gasteiger partial charge on any atom is 0.242 e. The molecule has 106 valence electrons. The highest BCUT2D eigenvalue weighted by molar-refractivity contribution is 7.89. The fourth-order valence-corrected chi connectivity index (χ4v) is 2.42. The minimum absolute atomic E-state index is 0.0969. The topological polar surface area (TPSA) is 128 Å². The second-order valence-electron chi connectivity index (χ2n) is 4.01. The average Bonchev–Trinajstić information content (AvgIpc) is 2.38. The van der Waals surface area contributed by atoms with E-state index in [0.29, 0.717) is 18.5 Å². The molecule has 1 aromatic heterocycles. The minimum Gasteiger partial charge on any atom is -0.370 e. The molecule has 0 aliphatic rings. The molecule has 1 amide bonds. The number of hydrogen-bond acceptors (Lipinski definition) is 5. The number of aromatic nitrogens is 1. The molecule has 0 radical (unpaired) electrons. The third-order valence-electron chi connectivity index (χ3n) is 2.46. The summed E-state index contributed by atoms with van der Waals surface area (Å²) in [7, 11) is -3.56. The number of carbonyl (C=O) groups excluding carboxylic acids is 1. The Bertz CT molecular complexity index is 513. The summed E-state index contributed by atoms with van der Waals surface area (Å²) in [5.41, 5.74) is 11.0. The summed E-state index contributed by atoms with van der Waals surface area (Å²) in [6.07, 6.45) is 2.64. The van der Waals surface area contributed by atoms with Crippen LogP contribution in [0.3, 0.4) is 0 Å². The molecule has 0 bridgehead atoms. The van der Waals surface area contributed by atoms with Crippen molar-refractivity contribution in [1.29, 1.82) is 0 Å². The monoisotopic (exact) mass is 286 g/mol. The van der Waals surface area contributed by atoms with Gasteiger partial charge in [-0.15, -0.1) is 0 Å². The number of sulfonamides is 1. The summed E-state index contributed by atoms with van der Waals surface area (Å²) in [5, 5.41) is 0. The molecule has 0 unspecified atom stereocenters. The Morgan fingerprint density at radius 3 is 2.58 bits per heavy atom. The zero-order valence-corrected chi connectivity index (χ0v) is 11.3. The van der Waals surface area contributed by atoms with Gasteiger partial charge in [-0.05, 0) is 25.0 Å². The molecule has 19 heavy (non-hydrogen) atoms. The fourth-order valence-electron chi connectivity index (χ4n) is 1.40. The molecule has 0 aliphatic carbocycles. The van der Waals surface area contributed by atoms with Crippen LogP contribution in [0, 0.1) is 0 Å². The highest BCUT2D eigenvalue weighted by Gasteiger charge is 2.13. The van der Waals surface area contributed by atoms with Crippen molar-refractivity contribution >= 4 is 15.9 Å². The van der Waals surface area contributed by atoms with Gasteiger partial charge in [0.2, 0.25) is 15.9 Å². The van der Waals surface area contributed by atoms with E-state index < -0.39 is 10.0 Å². The summed E-state index contributed by atoms with van der Waals surface area (Å²) in [6.45, 7) is 0.523. The molecule has 5 N–H and O–H groups in total. The van der Waals surface area contributed by atoms with Gasteiger partial charge in [-0.3, -0.25) is 9.78 Å². The Balaban J connectivity index is 2.48. The molecule has 1 heterocycles. The smallest absolute Gasteiger partial charge is 0.242 e. The lowest BCUT2D eigenvalue weighted by Crippen LogP contribution is -2.25. The summed E-state index contributed by atoms with van der Waals surface area (Å²) >= 11 is 0. The first-order valence-corrected chi connectivity index (χ1v) is 7.37. The van der Waals surface area contributed by atoms with Crippen LogP contribution >= 0.6 is 0 Å². The second-order valence-corrected chi connectivity index (χ2v) is 5.78. The lowest BCUT2D eigenvalue weighted by atomic mass is 10.2. The van der Waals surface area contributed by atoms with Crippen molar-refractivity contribution in [3.8, 4) is 0 Å². The fraction of sp³-hybridized carbons (Fsp3) is 0.455. The molecule has 1 rings (SSSR count). The van der Waals surface area contributed by atoms with Gasteiger partial charge in [-0.25, -0.2) is 13.1 Å². The number of nitrogens with one attached hydrogen (secondary N) is 1. The molecule has 8 heteroatoms. The maximum atomic E-state index is 11.9. The lowest BCUT2D eigenvalue weighted by molar-refractivity contribution is -0.118. The zero-order valence-electron chi connectivity index (χ0n) is 10.5. The van der Waals surface area contributed by atoms with Crippen molar-refractivity contribution < 1.29 is 13.2 Å². The van der Waals surface area contributed by atoms with E-state index in [1.165, 1.54) is 12.3 Å². The number of rotatable bonds is 8. The highest BCUT2D eigenvalue weighted by atomic mass is 32.2. The molecule has 7 nitrogen and oxygen atoms in total. The summed E-state index contributed by atoms with van der Waals surface area (Å²) in [6, 6.07) is 3.03. The first kappa shape index (κ1) is 15.5. The average molecular weight is 286 g/mol. The van der Waals surface area contributed by atoms with Crippen LogP contribution in [0.1, 0.15) is 25.0 Å². The third-order valence-corrected chi connectivity index (χ3v) is 3.91. The van der Waals surface area contributed by atoms with Gasteiger partial charge in [0.15, 0.2) is 0 Å². The van der Waals surface area contributed by atoms with Crippen molar-refractivity contribution in [2.45, 2.75) is 30.7 Å². The van der Waals surface area contributed by atoms with Crippen LogP contribution in [0.25, 0.3) is 0 Å². The molecule has 0 atom stereocenters. The Labute approximate surface area is 112 Å². The van der Waals surface area contributed by atoms with Crippen LogP contribution in [0.2, 0.25) is 0 Å². The van der Waals surface area contributed by atoms with Crippen molar-refractivity contribution in [3.05, 3.63) is 24.0 Å².